The van der Waals surface area contributed by atoms with Crippen LogP contribution in [0.25, 0.3) is 44.7 Å². The summed E-state index contributed by atoms with van der Waals surface area (Å²) in [5.74, 6) is 0. The fraction of sp³-hybridized carbons (Fsp3) is 0.143. The number of hydrogen-bond donors (Lipinski definition) is 2. The van der Waals surface area contributed by atoms with Gasteiger partial charge in [0.1, 0.15) is 11.2 Å². The van der Waals surface area contributed by atoms with Gasteiger partial charge >= 0.3 is 0 Å². The summed E-state index contributed by atoms with van der Waals surface area (Å²) in [5, 5.41) is 7.56. The second kappa shape index (κ2) is 6.54. The van der Waals surface area contributed by atoms with E-state index in [0.29, 0.717) is 0 Å². The van der Waals surface area contributed by atoms with E-state index in [1.807, 2.05) is 56.8 Å². The maximum Gasteiger partial charge on any atom is 0.135 e. The first-order chi connectivity index (χ1) is 13.7. The zero-order chi connectivity index (χ0) is 19.1. The number of H-pyrrole nitrogens is 2. The number of rotatable bonds is 4. The molecule has 0 bridgehead atoms. The molecule has 0 radical (unpaired) electrons. The number of pyridine rings is 3. The summed E-state index contributed by atoms with van der Waals surface area (Å²) in [6.07, 6.45) is 5.52. The van der Waals surface area contributed by atoms with E-state index in [1.54, 1.807) is 6.20 Å². The summed E-state index contributed by atoms with van der Waals surface area (Å²) in [7, 11) is 4.09. The molecule has 0 aliphatic heterocycles. The van der Waals surface area contributed by atoms with Crippen LogP contribution in [0.2, 0.25) is 0 Å². The Morgan fingerprint density at radius 2 is 1.96 bits per heavy atom. The number of aromatic nitrogens is 6. The van der Waals surface area contributed by atoms with E-state index in [9.17, 15) is 0 Å². The molecular formula is C21H19N7. The standard InChI is InChI=1S/C21H19N7/c1-28(2)12-13-8-14(11-22-10-13)15-5-6-17-20(25-15)21(27-26-17)19-9-18-16(24-19)4-3-7-23-18/h3-11,24H,12H2,1-2H3,(H,26,27). The summed E-state index contributed by atoms with van der Waals surface area (Å²) < 4.78 is 0. The lowest BCUT2D eigenvalue weighted by atomic mass is 10.1. The van der Waals surface area contributed by atoms with E-state index >= 15 is 0 Å². The van der Waals surface area contributed by atoms with Crippen molar-refractivity contribution in [2.24, 2.45) is 0 Å². The van der Waals surface area contributed by atoms with E-state index in [-0.39, 0.29) is 0 Å². The van der Waals surface area contributed by atoms with Crippen LogP contribution in [0.4, 0.5) is 0 Å². The number of nitrogens with zero attached hydrogens (tertiary/aromatic N) is 5. The van der Waals surface area contributed by atoms with Gasteiger partial charge in [0.25, 0.3) is 0 Å². The lowest BCUT2D eigenvalue weighted by Gasteiger charge is -2.10. The summed E-state index contributed by atoms with van der Waals surface area (Å²) >= 11 is 0. The molecule has 0 fully saturated rings. The van der Waals surface area contributed by atoms with Gasteiger partial charge in [0.15, 0.2) is 0 Å². The summed E-state index contributed by atoms with van der Waals surface area (Å²) in [4.78, 5) is 19.2. The molecule has 28 heavy (non-hydrogen) atoms. The van der Waals surface area contributed by atoms with Gasteiger partial charge < -0.3 is 9.88 Å². The first-order valence-electron chi connectivity index (χ1n) is 9.05. The monoisotopic (exact) mass is 369 g/mol. The van der Waals surface area contributed by atoms with Crippen molar-refractivity contribution in [2.75, 3.05) is 14.1 Å². The Balaban J connectivity index is 1.60. The van der Waals surface area contributed by atoms with Gasteiger partial charge in [-0.1, -0.05) is 0 Å². The van der Waals surface area contributed by atoms with Crippen LogP contribution in [-0.2, 0) is 6.54 Å². The molecule has 7 heteroatoms. The summed E-state index contributed by atoms with van der Waals surface area (Å²) in [6, 6.07) is 12.0. The summed E-state index contributed by atoms with van der Waals surface area (Å²) in [5.41, 5.74) is 8.29. The normalized spacial score (nSPS) is 11.7. The maximum absolute atomic E-state index is 4.88. The second-order valence-electron chi connectivity index (χ2n) is 7.10. The van der Waals surface area contributed by atoms with Crippen LogP contribution in [0.3, 0.4) is 0 Å². The van der Waals surface area contributed by atoms with Crippen LogP contribution >= 0.6 is 0 Å². The van der Waals surface area contributed by atoms with Gasteiger partial charge in [0, 0.05) is 30.7 Å². The molecule has 5 heterocycles. The minimum absolute atomic E-state index is 0.784. The predicted molar refractivity (Wildman–Crippen MR) is 110 cm³/mol. The highest BCUT2D eigenvalue weighted by Gasteiger charge is 2.14. The van der Waals surface area contributed by atoms with Gasteiger partial charge in [-0.15, -0.1) is 0 Å². The first-order valence-corrected chi connectivity index (χ1v) is 9.05. The Morgan fingerprint density at radius 3 is 2.82 bits per heavy atom. The van der Waals surface area contributed by atoms with Crippen LogP contribution in [0.15, 0.2) is 55.0 Å². The van der Waals surface area contributed by atoms with E-state index in [1.165, 1.54) is 0 Å². The number of hydrogen-bond acceptors (Lipinski definition) is 5. The largest absolute Gasteiger partial charge is 0.352 e. The third kappa shape index (κ3) is 2.91. The van der Waals surface area contributed by atoms with Gasteiger partial charge in [-0.05, 0) is 56.1 Å². The van der Waals surface area contributed by atoms with Gasteiger partial charge in [-0.2, -0.15) is 5.10 Å². The van der Waals surface area contributed by atoms with E-state index < -0.39 is 0 Å². The molecule has 5 aromatic heterocycles. The van der Waals surface area contributed by atoms with Crippen molar-refractivity contribution in [2.45, 2.75) is 6.54 Å². The van der Waals surface area contributed by atoms with E-state index in [2.05, 4.69) is 36.1 Å². The molecule has 0 aliphatic rings. The zero-order valence-corrected chi connectivity index (χ0v) is 15.6. The van der Waals surface area contributed by atoms with Gasteiger partial charge in [0.2, 0.25) is 0 Å². The minimum atomic E-state index is 0.784. The molecule has 7 nitrogen and oxygen atoms in total. The van der Waals surface area contributed by atoms with Crippen LogP contribution in [0, 0.1) is 0 Å². The predicted octanol–water partition coefficient (Wildman–Crippen LogP) is 3.62. The van der Waals surface area contributed by atoms with Crippen molar-refractivity contribution in [1.82, 2.24) is 35.0 Å². The van der Waals surface area contributed by atoms with Crippen LogP contribution in [0.5, 0.6) is 0 Å². The molecule has 2 N–H and O–H groups in total. The fourth-order valence-electron chi connectivity index (χ4n) is 3.41. The third-order valence-electron chi connectivity index (χ3n) is 4.64. The molecule has 5 aromatic rings. The van der Waals surface area contributed by atoms with E-state index in [4.69, 9.17) is 4.98 Å². The zero-order valence-electron chi connectivity index (χ0n) is 15.6. The Labute approximate surface area is 161 Å². The van der Waals surface area contributed by atoms with Crippen molar-refractivity contribution < 1.29 is 0 Å². The molecule has 0 saturated heterocycles. The van der Waals surface area contributed by atoms with Crippen LogP contribution in [0.1, 0.15) is 5.56 Å². The first kappa shape index (κ1) is 16.6. The topological polar surface area (TPSA) is 86.4 Å². The SMILES string of the molecule is CN(C)Cc1cncc(-c2ccc3[nH]nc(-c4cc5ncccc5[nH]4)c3n2)c1. The quantitative estimate of drug-likeness (QED) is 0.505. The van der Waals surface area contributed by atoms with Gasteiger partial charge in [-0.25, -0.2) is 4.98 Å². The Hall–Kier alpha value is -3.58. The third-order valence-corrected chi connectivity index (χ3v) is 4.64. The molecule has 0 aromatic carbocycles. The molecule has 0 amide bonds. The minimum Gasteiger partial charge on any atom is -0.352 e. The molecular weight excluding hydrogens is 350 g/mol. The molecule has 5 rings (SSSR count). The number of aromatic amines is 2. The lowest BCUT2D eigenvalue weighted by Crippen LogP contribution is -2.10. The molecule has 138 valence electrons. The highest BCUT2D eigenvalue weighted by molar-refractivity contribution is 5.93. The average Bonchev–Trinajstić information content (AvgIpc) is 3.30. The maximum atomic E-state index is 4.88. The average molecular weight is 369 g/mol. The van der Waals surface area contributed by atoms with Crippen molar-refractivity contribution in [1.29, 1.82) is 0 Å². The van der Waals surface area contributed by atoms with Gasteiger partial charge in [0.05, 0.1) is 27.9 Å². The molecule has 0 saturated carbocycles. The van der Waals surface area contributed by atoms with Crippen molar-refractivity contribution in [3.63, 3.8) is 0 Å². The highest BCUT2D eigenvalue weighted by Crippen LogP contribution is 2.29. The van der Waals surface area contributed by atoms with Crippen molar-refractivity contribution >= 4 is 22.1 Å². The Kier molecular flexibility index (Phi) is 3.87. The van der Waals surface area contributed by atoms with Crippen LogP contribution < -0.4 is 0 Å². The molecule has 0 aliphatic carbocycles. The summed E-state index contributed by atoms with van der Waals surface area (Å²) in [6.45, 7) is 0.835. The molecule has 0 atom stereocenters. The molecule has 0 spiro atoms. The van der Waals surface area contributed by atoms with Crippen molar-refractivity contribution in [3.8, 4) is 22.6 Å². The Bertz CT molecular complexity index is 1250. The lowest BCUT2D eigenvalue weighted by molar-refractivity contribution is 0.402. The number of nitrogens with one attached hydrogen (secondary N) is 2. The van der Waals surface area contributed by atoms with Crippen molar-refractivity contribution in [3.05, 3.63) is 60.6 Å². The molecule has 0 unspecified atom stereocenters. The second-order valence-corrected chi connectivity index (χ2v) is 7.10. The van der Waals surface area contributed by atoms with Crippen LogP contribution in [-0.4, -0.2) is 49.1 Å². The fourth-order valence-corrected chi connectivity index (χ4v) is 3.41. The van der Waals surface area contributed by atoms with E-state index in [0.717, 1.165) is 56.8 Å². The smallest absolute Gasteiger partial charge is 0.135 e. The Morgan fingerprint density at radius 1 is 1.04 bits per heavy atom. The highest BCUT2D eigenvalue weighted by atomic mass is 15.1. The van der Waals surface area contributed by atoms with Gasteiger partial charge in [-0.3, -0.25) is 15.1 Å². The number of fused-ring (bicyclic) bond motifs is 2.